The van der Waals surface area contributed by atoms with E-state index in [1.54, 1.807) is 20.4 Å². The summed E-state index contributed by atoms with van der Waals surface area (Å²) in [5.41, 5.74) is 2.67. The molecule has 3 aliphatic heterocycles. The van der Waals surface area contributed by atoms with Gasteiger partial charge in [-0.2, -0.15) is 0 Å². The normalized spacial score (nSPS) is 24.5. The highest BCUT2D eigenvalue weighted by Gasteiger charge is 2.43. The van der Waals surface area contributed by atoms with Gasteiger partial charge in [-0.15, -0.1) is 0 Å². The second-order valence-corrected chi connectivity index (χ2v) is 11.1. The third-order valence-electron chi connectivity index (χ3n) is 8.50. The summed E-state index contributed by atoms with van der Waals surface area (Å²) in [5.74, 6) is 2.04. The highest BCUT2D eigenvalue weighted by Crippen LogP contribution is 2.37. The Bertz CT molecular complexity index is 1180. The molecule has 4 bridgehead atoms. The number of piperidine rings is 2. The number of fused-ring (bicyclic) bond motifs is 6. The van der Waals surface area contributed by atoms with Crippen LogP contribution >= 0.6 is 0 Å². The van der Waals surface area contributed by atoms with Gasteiger partial charge in [0.25, 0.3) is 5.91 Å². The van der Waals surface area contributed by atoms with Crippen molar-refractivity contribution in [3.8, 4) is 11.5 Å². The van der Waals surface area contributed by atoms with Crippen molar-refractivity contribution in [3.63, 3.8) is 0 Å². The number of carbonyl (C=O) groups excluding carboxylic acids is 3. The van der Waals surface area contributed by atoms with Crippen molar-refractivity contribution in [1.82, 2.24) is 20.1 Å². The lowest BCUT2D eigenvalue weighted by Crippen LogP contribution is -2.60. The van der Waals surface area contributed by atoms with Crippen LogP contribution in [0.4, 0.5) is 0 Å². The number of hydrogen-bond donors (Lipinski definition) is 2. The van der Waals surface area contributed by atoms with Crippen LogP contribution in [-0.4, -0.2) is 78.9 Å². The Kier molecular flexibility index (Phi) is 8.43. The average Bonchev–Trinajstić information content (AvgIpc) is 3.48. The highest BCUT2D eigenvalue weighted by atomic mass is 16.5. The number of amides is 3. The van der Waals surface area contributed by atoms with Gasteiger partial charge in [-0.25, -0.2) is 0 Å². The molecule has 0 spiro atoms. The lowest BCUT2D eigenvalue weighted by atomic mass is 9.77. The molecule has 0 radical (unpaired) electrons. The molecule has 1 aromatic carbocycles. The fourth-order valence-corrected chi connectivity index (χ4v) is 6.70. The lowest BCUT2D eigenvalue weighted by molar-refractivity contribution is -0.140. The Labute approximate surface area is 230 Å². The number of aromatic nitrogens is 1. The first-order valence-electron chi connectivity index (χ1n) is 14.2. The summed E-state index contributed by atoms with van der Waals surface area (Å²) >= 11 is 0. The van der Waals surface area contributed by atoms with Crippen LogP contribution in [0.3, 0.4) is 0 Å². The molecule has 2 fully saturated rings. The van der Waals surface area contributed by atoms with Crippen LogP contribution in [0.25, 0.3) is 0 Å². The summed E-state index contributed by atoms with van der Waals surface area (Å²) in [7, 11) is 3.27. The van der Waals surface area contributed by atoms with E-state index >= 15 is 0 Å². The molecule has 2 saturated heterocycles. The molecule has 0 unspecified atom stereocenters. The summed E-state index contributed by atoms with van der Waals surface area (Å²) in [6.45, 7) is 2.54. The number of nitrogens with one attached hydrogen (secondary N) is 2. The Hall–Kier alpha value is -3.49. The van der Waals surface area contributed by atoms with E-state index in [4.69, 9.17) is 9.47 Å². The van der Waals surface area contributed by atoms with Crippen molar-refractivity contribution in [2.45, 2.75) is 57.4 Å². The smallest absolute Gasteiger partial charge is 0.270 e. The van der Waals surface area contributed by atoms with Crippen LogP contribution in [0.5, 0.6) is 11.5 Å². The molecule has 5 rings (SSSR count). The zero-order valence-electron chi connectivity index (χ0n) is 23.0. The lowest BCUT2D eigenvalue weighted by Gasteiger charge is -2.51. The van der Waals surface area contributed by atoms with Gasteiger partial charge in [0, 0.05) is 51.3 Å². The number of aryl methyl sites for hydroxylation is 2. The van der Waals surface area contributed by atoms with Crippen molar-refractivity contribution < 1.29 is 23.9 Å². The van der Waals surface area contributed by atoms with Crippen molar-refractivity contribution in [3.05, 3.63) is 47.3 Å². The summed E-state index contributed by atoms with van der Waals surface area (Å²) in [6.07, 6.45) is 7.27. The van der Waals surface area contributed by atoms with Crippen LogP contribution in [0.2, 0.25) is 0 Å². The predicted octanol–water partition coefficient (Wildman–Crippen LogP) is 3.19. The van der Waals surface area contributed by atoms with Crippen LogP contribution in [0.15, 0.2) is 30.5 Å². The van der Waals surface area contributed by atoms with Gasteiger partial charge in [-0.1, -0.05) is 6.07 Å². The molecule has 39 heavy (non-hydrogen) atoms. The van der Waals surface area contributed by atoms with E-state index < -0.39 is 0 Å². The maximum Gasteiger partial charge on any atom is 0.270 e. The zero-order chi connectivity index (χ0) is 27.4. The van der Waals surface area contributed by atoms with Gasteiger partial charge in [-0.3, -0.25) is 14.4 Å². The standard InChI is InChI=1S/C30H40N4O5/c1-38-26-16-20-10-11-28(36)34-18-21-15-23(19-33(17-21)30(37)24-7-5-12-31-24)25(34)8-3-9-27(35)32-13-4-6-22(14-20)29(26)39-2/h5,7,12,14,16,21,23,25,31H,3-4,6,8-11,13,15,17-19H2,1-2H3,(H,32,35)/t21-,23+,25-/m0/s1. The van der Waals surface area contributed by atoms with E-state index in [1.165, 1.54) is 0 Å². The maximum absolute atomic E-state index is 13.7. The van der Waals surface area contributed by atoms with Crippen molar-refractivity contribution in [2.24, 2.45) is 11.8 Å². The molecule has 210 valence electrons. The van der Waals surface area contributed by atoms with E-state index in [0.29, 0.717) is 62.6 Å². The largest absolute Gasteiger partial charge is 0.493 e. The quantitative estimate of drug-likeness (QED) is 0.627. The summed E-state index contributed by atoms with van der Waals surface area (Å²) in [6, 6.07) is 7.75. The Balaban J connectivity index is 1.37. The number of H-pyrrole nitrogens is 1. The van der Waals surface area contributed by atoms with Gasteiger partial charge in [-0.05, 0) is 79.7 Å². The molecule has 0 aliphatic carbocycles. The Morgan fingerprint density at radius 2 is 1.87 bits per heavy atom. The van der Waals surface area contributed by atoms with Gasteiger partial charge in [0.15, 0.2) is 11.5 Å². The number of nitrogens with zero attached hydrogens (tertiary/aromatic N) is 2. The molecule has 4 heterocycles. The second-order valence-electron chi connectivity index (χ2n) is 11.1. The summed E-state index contributed by atoms with van der Waals surface area (Å²) in [5, 5.41) is 3.05. The van der Waals surface area contributed by atoms with Gasteiger partial charge in [0.05, 0.1) is 14.2 Å². The second kappa shape index (κ2) is 12.1. The molecular weight excluding hydrogens is 496 g/mol. The predicted molar refractivity (Wildman–Crippen MR) is 147 cm³/mol. The molecule has 9 nitrogen and oxygen atoms in total. The molecule has 2 aromatic rings. The molecule has 3 aliphatic rings. The average molecular weight is 537 g/mol. The number of benzene rings is 1. The number of carbonyl (C=O) groups is 3. The molecular formula is C30H40N4O5. The van der Waals surface area contributed by atoms with E-state index in [9.17, 15) is 14.4 Å². The van der Waals surface area contributed by atoms with Gasteiger partial charge in [0.2, 0.25) is 11.8 Å². The maximum atomic E-state index is 13.7. The fraction of sp³-hybridized carbons (Fsp3) is 0.567. The Morgan fingerprint density at radius 1 is 1.00 bits per heavy atom. The van der Waals surface area contributed by atoms with E-state index in [-0.39, 0.29) is 35.6 Å². The number of likely N-dealkylation sites (tertiary alicyclic amines) is 1. The molecule has 3 amide bonds. The first kappa shape index (κ1) is 27.1. The van der Waals surface area contributed by atoms with Crippen LogP contribution in [0.1, 0.15) is 60.1 Å². The first-order valence-corrected chi connectivity index (χ1v) is 14.2. The SMILES string of the molecule is COc1cc2cc(c1OC)CCCNC(=O)CCC[C@H]1[C@@H]3C[C@@H](CN(C(=O)c4ccc[nH]4)C3)CN1C(=O)CC2. The minimum absolute atomic E-state index is 0.0197. The van der Waals surface area contributed by atoms with Crippen molar-refractivity contribution >= 4 is 17.7 Å². The zero-order valence-corrected chi connectivity index (χ0v) is 23.0. The molecule has 3 atom stereocenters. The highest BCUT2D eigenvalue weighted by molar-refractivity contribution is 5.92. The number of ether oxygens (including phenoxy) is 2. The van der Waals surface area contributed by atoms with Gasteiger partial charge < -0.3 is 29.6 Å². The van der Waals surface area contributed by atoms with Gasteiger partial charge >= 0.3 is 0 Å². The molecule has 2 N–H and O–H groups in total. The number of hydrogen-bond acceptors (Lipinski definition) is 5. The van der Waals surface area contributed by atoms with Crippen LogP contribution < -0.4 is 14.8 Å². The third kappa shape index (κ3) is 6.07. The fourth-order valence-electron chi connectivity index (χ4n) is 6.70. The van der Waals surface area contributed by atoms with E-state index in [1.807, 2.05) is 23.1 Å². The van der Waals surface area contributed by atoms with Crippen LogP contribution in [-0.2, 0) is 22.4 Å². The summed E-state index contributed by atoms with van der Waals surface area (Å²) < 4.78 is 11.3. The van der Waals surface area contributed by atoms with Gasteiger partial charge in [0.1, 0.15) is 5.69 Å². The van der Waals surface area contributed by atoms with Crippen molar-refractivity contribution in [2.75, 3.05) is 40.4 Å². The molecule has 1 aromatic heterocycles. The van der Waals surface area contributed by atoms with E-state index in [2.05, 4.69) is 21.3 Å². The van der Waals surface area contributed by atoms with Crippen molar-refractivity contribution in [1.29, 1.82) is 0 Å². The topological polar surface area (TPSA) is 104 Å². The van der Waals surface area contributed by atoms with Crippen LogP contribution in [0, 0.1) is 11.8 Å². The monoisotopic (exact) mass is 536 g/mol. The summed E-state index contributed by atoms with van der Waals surface area (Å²) in [4.78, 5) is 46.5. The molecule has 9 heteroatoms. The molecule has 0 saturated carbocycles. The Morgan fingerprint density at radius 3 is 2.64 bits per heavy atom. The minimum Gasteiger partial charge on any atom is -0.493 e. The number of aromatic amines is 1. The third-order valence-corrected chi connectivity index (χ3v) is 8.50. The number of rotatable bonds is 3. The minimum atomic E-state index is 0.0197. The number of methoxy groups -OCH3 is 2. The first-order chi connectivity index (χ1) is 19.0. The van der Waals surface area contributed by atoms with E-state index in [0.717, 1.165) is 43.2 Å².